The van der Waals surface area contributed by atoms with Gasteiger partial charge in [-0.05, 0) is 12.0 Å². The molecule has 1 fully saturated rings. The molecule has 0 radical (unpaired) electrons. The standard InChI is InChI=1S/C11H13N5O2/c1-5-6(3-17)2-7(5)16-4-13-8-9(16)14-11(12)15-10(8)18/h4,6-7,17H,1-3H2,(H3,12,14,15,18)/t6-,7-/m1/s1. The van der Waals surface area contributed by atoms with Crippen molar-refractivity contribution in [3.63, 3.8) is 0 Å². The van der Waals surface area contributed by atoms with E-state index in [2.05, 4.69) is 21.5 Å². The Hall–Kier alpha value is -2.15. The first kappa shape index (κ1) is 11.0. The number of rotatable bonds is 2. The van der Waals surface area contributed by atoms with Crippen molar-refractivity contribution >= 4 is 17.1 Å². The lowest BCUT2D eigenvalue weighted by Gasteiger charge is -2.38. The van der Waals surface area contributed by atoms with Gasteiger partial charge in [-0.1, -0.05) is 6.58 Å². The first-order valence-electron chi connectivity index (χ1n) is 5.63. The van der Waals surface area contributed by atoms with Crippen LogP contribution < -0.4 is 11.3 Å². The summed E-state index contributed by atoms with van der Waals surface area (Å²) < 4.78 is 1.79. The summed E-state index contributed by atoms with van der Waals surface area (Å²) in [7, 11) is 0. The second kappa shape index (κ2) is 3.67. The molecular weight excluding hydrogens is 234 g/mol. The molecule has 2 aromatic rings. The summed E-state index contributed by atoms with van der Waals surface area (Å²) in [6.07, 6.45) is 2.34. The van der Waals surface area contributed by atoms with Gasteiger partial charge in [0.1, 0.15) is 0 Å². The van der Waals surface area contributed by atoms with Gasteiger partial charge in [0, 0.05) is 12.5 Å². The molecule has 4 N–H and O–H groups in total. The van der Waals surface area contributed by atoms with Crippen LogP contribution in [-0.2, 0) is 0 Å². The number of anilines is 1. The zero-order valence-corrected chi connectivity index (χ0v) is 9.63. The highest BCUT2D eigenvalue weighted by Crippen LogP contribution is 2.42. The van der Waals surface area contributed by atoms with E-state index >= 15 is 0 Å². The van der Waals surface area contributed by atoms with E-state index in [4.69, 9.17) is 10.8 Å². The van der Waals surface area contributed by atoms with Gasteiger partial charge in [-0.2, -0.15) is 4.98 Å². The number of imidazole rings is 1. The fraction of sp³-hybridized carbons (Fsp3) is 0.364. The number of nitrogens with one attached hydrogen (secondary N) is 1. The molecule has 7 nitrogen and oxygen atoms in total. The maximum absolute atomic E-state index is 11.6. The number of hydrogen-bond donors (Lipinski definition) is 3. The van der Waals surface area contributed by atoms with Gasteiger partial charge in [0.2, 0.25) is 5.95 Å². The number of nitrogens with two attached hydrogens (primary N) is 1. The second-order valence-corrected chi connectivity index (χ2v) is 4.48. The number of aliphatic hydroxyl groups excluding tert-OH is 1. The van der Waals surface area contributed by atoms with Crippen molar-refractivity contribution in [1.82, 2.24) is 19.5 Å². The minimum Gasteiger partial charge on any atom is -0.396 e. The zero-order valence-electron chi connectivity index (χ0n) is 9.63. The molecule has 0 unspecified atom stereocenters. The number of aromatic nitrogens is 4. The third kappa shape index (κ3) is 1.37. The van der Waals surface area contributed by atoms with Crippen LogP contribution in [0.4, 0.5) is 5.95 Å². The van der Waals surface area contributed by atoms with Crippen molar-refractivity contribution in [2.75, 3.05) is 12.3 Å². The van der Waals surface area contributed by atoms with E-state index in [9.17, 15) is 4.79 Å². The second-order valence-electron chi connectivity index (χ2n) is 4.48. The van der Waals surface area contributed by atoms with Gasteiger partial charge >= 0.3 is 0 Å². The summed E-state index contributed by atoms with van der Waals surface area (Å²) in [4.78, 5) is 22.2. The molecule has 3 rings (SSSR count). The monoisotopic (exact) mass is 247 g/mol. The van der Waals surface area contributed by atoms with E-state index in [1.54, 1.807) is 10.9 Å². The maximum atomic E-state index is 11.6. The predicted molar refractivity (Wildman–Crippen MR) is 65.9 cm³/mol. The van der Waals surface area contributed by atoms with Gasteiger partial charge in [-0.3, -0.25) is 9.78 Å². The number of H-pyrrole nitrogens is 1. The van der Waals surface area contributed by atoms with E-state index in [0.717, 1.165) is 12.0 Å². The van der Waals surface area contributed by atoms with Gasteiger partial charge in [-0.25, -0.2) is 4.98 Å². The Morgan fingerprint density at radius 3 is 3.11 bits per heavy atom. The summed E-state index contributed by atoms with van der Waals surface area (Å²) in [5, 5.41) is 9.10. The number of fused-ring (bicyclic) bond motifs is 1. The van der Waals surface area contributed by atoms with Gasteiger partial charge in [0.25, 0.3) is 5.56 Å². The van der Waals surface area contributed by atoms with Crippen molar-refractivity contribution in [2.45, 2.75) is 12.5 Å². The van der Waals surface area contributed by atoms with Crippen molar-refractivity contribution < 1.29 is 5.11 Å². The van der Waals surface area contributed by atoms with Gasteiger partial charge < -0.3 is 15.4 Å². The lowest BCUT2D eigenvalue weighted by molar-refractivity contribution is 0.180. The van der Waals surface area contributed by atoms with E-state index in [0.29, 0.717) is 5.65 Å². The largest absolute Gasteiger partial charge is 0.396 e. The number of nitrogens with zero attached hydrogens (tertiary/aromatic N) is 3. The van der Waals surface area contributed by atoms with Gasteiger partial charge in [-0.15, -0.1) is 0 Å². The van der Waals surface area contributed by atoms with Crippen molar-refractivity contribution in [3.8, 4) is 0 Å². The molecule has 7 heteroatoms. The van der Waals surface area contributed by atoms with Crippen LogP contribution in [0.2, 0.25) is 0 Å². The number of hydrogen-bond acceptors (Lipinski definition) is 5. The Balaban J connectivity index is 2.09. The Morgan fingerprint density at radius 1 is 1.67 bits per heavy atom. The normalized spacial score (nSPS) is 23.3. The third-order valence-corrected chi connectivity index (χ3v) is 3.47. The highest BCUT2D eigenvalue weighted by atomic mass is 16.3. The van der Waals surface area contributed by atoms with Crippen LogP contribution >= 0.6 is 0 Å². The van der Waals surface area contributed by atoms with Crippen LogP contribution in [0.1, 0.15) is 12.5 Å². The molecular formula is C11H13N5O2. The van der Waals surface area contributed by atoms with Crippen LogP contribution in [0.5, 0.6) is 0 Å². The number of nitrogen functional groups attached to an aromatic ring is 1. The average Bonchev–Trinajstić information content (AvgIpc) is 2.72. The van der Waals surface area contributed by atoms with E-state index < -0.39 is 0 Å². The third-order valence-electron chi connectivity index (χ3n) is 3.47. The molecule has 2 heterocycles. The number of aromatic amines is 1. The lowest BCUT2D eigenvalue weighted by atomic mass is 9.76. The summed E-state index contributed by atoms with van der Waals surface area (Å²) in [6, 6.07) is 0.0286. The lowest BCUT2D eigenvalue weighted by Crippen LogP contribution is -2.32. The van der Waals surface area contributed by atoms with E-state index in [1.165, 1.54) is 0 Å². The van der Waals surface area contributed by atoms with Crippen LogP contribution in [0.3, 0.4) is 0 Å². The zero-order chi connectivity index (χ0) is 12.9. The van der Waals surface area contributed by atoms with Crippen LogP contribution in [0, 0.1) is 5.92 Å². The first-order chi connectivity index (χ1) is 8.61. The van der Waals surface area contributed by atoms with Gasteiger partial charge in [0.15, 0.2) is 11.2 Å². The fourth-order valence-electron chi connectivity index (χ4n) is 2.34. The molecule has 2 atom stereocenters. The van der Waals surface area contributed by atoms with Crippen LogP contribution in [0.15, 0.2) is 23.3 Å². The first-order valence-corrected chi connectivity index (χ1v) is 5.63. The highest BCUT2D eigenvalue weighted by Gasteiger charge is 2.35. The number of aliphatic hydroxyl groups is 1. The quantitative estimate of drug-likeness (QED) is 0.637. The summed E-state index contributed by atoms with van der Waals surface area (Å²) in [5.41, 5.74) is 6.84. The van der Waals surface area contributed by atoms with Crippen molar-refractivity contribution in [2.24, 2.45) is 5.92 Å². The summed E-state index contributed by atoms with van der Waals surface area (Å²) in [6.45, 7) is 4.04. The predicted octanol–water partition coefficient (Wildman–Crippen LogP) is -0.189. The Bertz CT molecular complexity index is 686. The maximum Gasteiger partial charge on any atom is 0.280 e. The van der Waals surface area contributed by atoms with Crippen molar-refractivity contribution in [3.05, 3.63) is 28.8 Å². The average molecular weight is 247 g/mol. The topological polar surface area (TPSA) is 110 Å². The Labute approximate surface area is 102 Å². The molecule has 0 amide bonds. The minimum atomic E-state index is -0.347. The Kier molecular flexibility index (Phi) is 2.24. The summed E-state index contributed by atoms with van der Waals surface area (Å²) in [5.74, 6) is 0.185. The van der Waals surface area contributed by atoms with E-state index in [-0.39, 0.29) is 35.6 Å². The summed E-state index contributed by atoms with van der Waals surface area (Å²) >= 11 is 0. The molecule has 0 aromatic carbocycles. The SMILES string of the molecule is C=C1[C@@H](CO)C[C@H]1n1cnc2c(=O)[nH]c(N)nc21. The smallest absolute Gasteiger partial charge is 0.280 e. The highest BCUT2D eigenvalue weighted by molar-refractivity contribution is 5.71. The molecule has 1 aliphatic carbocycles. The molecule has 0 spiro atoms. The van der Waals surface area contributed by atoms with E-state index in [1.807, 2.05) is 0 Å². The molecule has 0 bridgehead atoms. The molecule has 1 saturated carbocycles. The molecule has 0 saturated heterocycles. The fourth-order valence-corrected chi connectivity index (χ4v) is 2.34. The van der Waals surface area contributed by atoms with Crippen LogP contribution in [-0.4, -0.2) is 31.2 Å². The molecule has 1 aliphatic rings. The molecule has 2 aromatic heterocycles. The molecule has 18 heavy (non-hydrogen) atoms. The Morgan fingerprint density at radius 2 is 2.44 bits per heavy atom. The molecule has 94 valence electrons. The van der Waals surface area contributed by atoms with Crippen LogP contribution in [0.25, 0.3) is 11.2 Å². The van der Waals surface area contributed by atoms with Gasteiger partial charge in [0.05, 0.1) is 12.4 Å². The van der Waals surface area contributed by atoms with Crippen molar-refractivity contribution in [1.29, 1.82) is 0 Å². The minimum absolute atomic E-state index is 0.0286. The molecule has 0 aliphatic heterocycles.